The van der Waals surface area contributed by atoms with Crippen molar-refractivity contribution in [1.82, 2.24) is 4.72 Å². The number of sulfonamides is 3. The Bertz CT molecular complexity index is 1160. The number of rotatable bonds is 6. The third kappa shape index (κ3) is 4.40. The highest BCUT2D eigenvalue weighted by Crippen LogP contribution is 2.23. The molecule has 0 radical (unpaired) electrons. The number of anilines is 1. The van der Waals surface area contributed by atoms with E-state index in [2.05, 4.69) is 9.44 Å². The summed E-state index contributed by atoms with van der Waals surface area (Å²) >= 11 is 0. The molecule has 26 heavy (non-hydrogen) atoms. The molecule has 0 heterocycles. The van der Waals surface area contributed by atoms with E-state index in [9.17, 15) is 25.3 Å². The molecule has 0 amide bonds. The quantitative estimate of drug-likeness (QED) is 0.614. The summed E-state index contributed by atoms with van der Waals surface area (Å²) in [7, 11) is -10.8. The number of primary sulfonamides is 1. The Morgan fingerprint density at radius 2 is 1.46 bits per heavy atom. The van der Waals surface area contributed by atoms with Crippen molar-refractivity contribution in [2.75, 3.05) is 11.8 Å². The van der Waals surface area contributed by atoms with E-state index in [4.69, 9.17) is 5.14 Å². The predicted molar refractivity (Wildman–Crippen MR) is 96.0 cm³/mol. The Hall–Kier alpha value is -1.99. The molecular formula is C14H17N3O6S3. The van der Waals surface area contributed by atoms with Gasteiger partial charge in [0.05, 0.1) is 20.4 Å². The Balaban J connectivity index is 2.47. The molecule has 0 unspecified atom stereocenters. The van der Waals surface area contributed by atoms with Crippen LogP contribution >= 0.6 is 0 Å². The Morgan fingerprint density at radius 1 is 0.846 bits per heavy atom. The molecule has 4 N–H and O–H groups in total. The maximum atomic E-state index is 12.5. The van der Waals surface area contributed by atoms with Gasteiger partial charge in [-0.2, -0.15) is 0 Å². The normalized spacial score (nSPS) is 12.7. The van der Waals surface area contributed by atoms with Crippen LogP contribution in [0, 0.1) is 6.92 Å². The second kappa shape index (κ2) is 6.96. The third-order valence-corrected chi connectivity index (χ3v) is 7.29. The molecule has 2 rings (SSSR count). The molecule has 0 spiro atoms. The van der Waals surface area contributed by atoms with Crippen molar-refractivity contribution in [3.05, 3.63) is 48.0 Å². The number of aryl methyl sites for hydroxylation is 1. The predicted octanol–water partition coefficient (Wildman–Crippen LogP) is 0.351. The minimum absolute atomic E-state index is 0.00503. The first-order valence-corrected chi connectivity index (χ1v) is 11.6. The number of nitrogens with two attached hydrogens (primary N) is 1. The standard InChI is InChI=1S/C14H17N3O6S3/c1-10-6-7-11(8-14(10)26(22,23)16-2)17-25(20,21)13-5-3-4-12(9-13)24(15,18)19/h3-9,16-17H,1-2H3,(H2,15,18,19). The van der Waals surface area contributed by atoms with Crippen LogP contribution in [0.15, 0.2) is 57.2 Å². The molecule has 0 aromatic heterocycles. The van der Waals surface area contributed by atoms with Gasteiger partial charge in [-0.15, -0.1) is 0 Å². The fourth-order valence-electron chi connectivity index (χ4n) is 2.10. The molecule has 12 heteroatoms. The van der Waals surface area contributed by atoms with E-state index < -0.39 is 30.1 Å². The van der Waals surface area contributed by atoms with Gasteiger partial charge in [0, 0.05) is 0 Å². The zero-order valence-corrected chi connectivity index (χ0v) is 16.2. The maximum absolute atomic E-state index is 12.5. The van der Waals surface area contributed by atoms with E-state index in [0.717, 1.165) is 12.1 Å². The Labute approximate surface area is 152 Å². The summed E-state index contributed by atoms with van der Waals surface area (Å²) < 4.78 is 76.1. The highest BCUT2D eigenvalue weighted by molar-refractivity contribution is 7.93. The minimum Gasteiger partial charge on any atom is -0.280 e. The van der Waals surface area contributed by atoms with Crippen molar-refractivity contribution < 1.29 is 25.3 Å². The third-order valence-electron chi connectivity index (χ3n) is 3.44. The van der Waals surface area contributed by atoms with E-state index in [0.29, 0.717) is 5.56 Å². The van der Waals surface area contributed by atoms with Gasteiger partial charge in [-0.05, 0) is 49.9 Å². The minimum atomic E-state index is -4.16. The molecule has 0 saturated carbocycles. The highest BCUT2D eigenvalue weighted by Gasteiger charge is 2.20. The van der Waals surface area contributed by atoms with E-state index in [1.54, 1.807) is 6.92 Å². The zero-order valence-electron chi connectivity index (χ0n) is 13.8. The van der Waals surface area contributed by atoms with Gasteiger partial charge in [-0.25, -0.2) is 35.1 Å². The van der Waals surface area contributed by atoms with Crippen LogP contribution in [0.1, 0.15) is 5.56 Å². The Morgan fingerprint density at radius 3 is 2.04 bits per heavy atom. The number of benzene rings is 2. The lowest BCUT2D eigenvalue weighted by Crippen LogP contribution is -2.20. The first-order valence-electron chi connectivity index (χ1n) is 7.07. The van der Waals surface area contributed by atoms with Gasteiger partial charge < -0.3 is 0 Å². The molecular weight excluding hydrogens is 402 g/mol. The lowest BCUT2D eigenvalue weighted by atomic mass is 10.2. The van der Waals surface area contributed by atoms with Gasteiger partial charge >= 0.3 is 0 Å². The van der Waals surface area contributed by atoms with Crippen molar-refractivity contribution in [3.8, 4) is 0 Å². The molecule has 142 valence electrons. The highest BCUT2D eigenvalue weighted by atomic mass is 32.2. The molecule has 0 fully saturated rings. The lowest BCUT2D eigenvalue weighted by molar-refractivity contribution is 0.587. The van der Waals surface area contributed by atoms with Crippen LogP contribution in [0.5, 0.6) is 0 Å². The van der Waals surface area contributed by atoms with Crippen molar-refractivity contribution in [2.45, 2.75) is 21.6 Å². The summed E-state index contributed by atoms with van der Waals surface area (Å²) in [5, 5.41) is 5.00. The van der Waals surface area contributed by atoms with Crippen molar-refractivity contribution in [3.63, 3.8) is 0 Å². The summed E-state index contributed by atoms with van der Waals surface area (Å²) in [6.45, 7) is 1.57. The zero-order chi connectivity index (χ0) is 19.8. The van der Waals surface area contributed by atoms with Gasteiger partial charge in [0.1, 0.15) is 0 Å². The summed E-state index contributed by atoms with van der Waals surface area (Å²) in [5.74, 6) is 0. The molecule has 0 aliphatic carbocycles. The SMILES string of the molecule is CNS(=O)(=O)c1cc(NS(=O)(=O)c2cccc(S(N)(=O)=O)c2)ccc1C. The summed E-state index contributed by atoms with van der Waals surface area (Å²) in [6.07, 6.45) is 0. The van der Waals surface area contributed by atoms with Gasteiger partial charge in [0.15, 0.2) is 0 Å². The van der Waals surface area contributed by atoms with Crippen molar-refractivity contribution in [1.29, 1.82) is 0 Å². The van der Waals surface area contributed by atoms with Crippen molar-refractivity contribution in [2.24, 2.45) is 5.14 Å². The van der Waals surface area contributed by atoms with Crippen LogP contribution in [0.4, 0.5) is 5.69 Å². The average molecular weight is 420 g/mol. The second-order valence-electron chi connectivity index (χ2n) is 5.31. The largest absolute Gasteiger partial charge is 0.280 e. The Kier molecular flexibility index (Phi) is 5.44. The monoisotopic (exact) mass is 419 g/mol. The molecule has 0 atom stereocenters. The van der Waals surface area contributed by atoms with Crippen molar-refractivity contribution >= 4 is 35.8 Å². The van der Waals surface area contributed by atoms with Crippen LogP contribution in [-0.2, 0) is 30.1 Å². The first-order chi connectivity index (χ1) is 11.9. The van der Waals surface area contributed by atoms with Crippen LogP contribution in [0.3, 0.4) is 0 Å². The molecule has 0 aliphatic heterocycles. The van der Waals surface area contributed by atoms with Crippen LogP contribution in [-0.4, -0.2) is 32.3 Å². The fraction of sp³-hybridized carbons (Fsp3) is 0.143. The van der Waals surface area contributed by atoms with Gasteiger partial charge in [0.2, 0.25) is 20.0 Å². The lowest BCUT2D eigenvalue weighted by Gasteiger charge is -2.12. The van der Waals surface area contributed by atoms with Gasteiger partial charge in [0.25, 0.3) is 10.0 Å². The summed E-state index contributed by atoms with van der Waals surface area (Å²) in [5.41, 5.74) is 0.434. The molecule has 9 nitrogen and oxygen atoms in total. The van der Waals surface area contributed by atoms with Gasteiger partial charge in [-0.3, -0.25) is 4.72 Å². The topological polar surface area (TPSA) is 152 Å². The molecule has 0 bridgehead atoms. The van der Waals surface area contributed by atoms with Crippen LogP contribution in [0.2, 0.25) is 0 Å². The number of hydrogen-bond acceptors (Lipinski definition) is 6. The van der Waals surface area contributed by atoms with E-state index in [-0.39, 0.29) is 20.4 Å². The van der Waals surface area contributed by atoms with E-state index >= 15 is 0 Å². The van der Waals surface area contributed by atoms with E-state index in [1.807, 2.05) is 0 Å². The van der Waals surface area contributed by atoms with Crippen LogP contribution < -0.4 is 14.6 Å². The average Bonchev–Trinajstić information content (AvgIpc) is 2.55. The molecule has 0 saturated heterocycles. The first kappa shape index (κ1) is 20.3. The summed E-state index contributed by atoms with van der Waals surface area (Å²) in [6, 6.07) is 8.52. The second-order valence-corrected chi connectivity index (χ2v) is 10.4. The number of nitrogens with one attached hydrogen (secondary N) is 2. The molecule has 2 aromatic rings. The summed E-state index contributed by atoms with van der Waals surface area (Å²) in [4.78, 5) is -0.774. The van der Waals surface area contributed by atoms with Crippen LogP contribution in [0.25, 0.3) is 0 Å². The maximum Gasteiger partial charge on any atom is 0.261 e. The smallest absolute Gasteiger partial charge is 0.261 e. The number of hydrogen-bond donors (Lipinski definition) is 3. The fourth-order valence-corrected chi connectivity index (χ4v) is 4.82. The van der Waals surface area contributed by atoms with E-state index in [1.165, 1.54) is 37.4 Å². The molecule has 2 aromatic carbocycles. The molecule has 0 aliphatic rings. The van der Waals surface area contributed by atoms with Gasteiger partial charge in [-0.1, -0.05) is 12.1 Å².